The van der Waals surface area contributed by atoms with Gasteiger partial charge in [0, 0.05) is 17.7 Å². The van der Waals surface area contributed by atoms with Gasteiger partial charge in [0.1, 0.15) is 0 Å². The van der Waals surface area contributed by atoms with Crippen molar-refractivity contribution in [3.63, 3.8) is 0 Å². The molecule has 5 rings (SSSR count). The van der Waals surface area contributed by atoms with E-state index in [0.29, 0.717) is 6.42 Å². The second-order valence-corrected chi connectivity index (χ2v) is 7.99. The Balaban J connectivity index is 1.63. The van der Waals surface area contributed by atoms with Crippen LogP contribution in [0.3, 0.4) is 0 Å². The maximum absolute atomic E-state index is 13.4. The monoisotopic (exact) mass is 380 g/mol. The predicted molar refractivity (Wildman–Crippen MR) is 118 cm³/mol. The van der Waals surface area contributed by atoms with Gasteiger partial charge < -0.3 is 10.6 Å². The van der Waals surface area contributed by atoms with Crippen LogP contribution in [0.2, 0.25) is 0 Å². The normalized spacial score (nSPS) is 20.8. The van der Waals surface area contributed by atoms with E-state index >= 15 is 0 Å². The fraction of sp³-hybridized carbons (Fsp3) is 0.192. The fourth-order valence-corrected chi connectivity index (χ4v) is 4.55. The van der Waals surface area contributed by atoms with E-state index in [9.17, 15) is 4.79 Å². The number of anilines is 2. The Morgan fingerprint density at radius 2 is 1.52 bits per heavy atom. The topological polar surface area (TPSA) is 41.1 Å². The molecule has 0 saturated heterocycles. The highest BCUT2D eigenvalue weighted by atomic mass is 16.1. The average Bonchev–Trinajstić information content (AvgIpc) is 2.91. The van der Waals surface area contributed by atoms with Gasteiger partial charge in [0.15, 0.2) is 5.78 Å². The van der Waals surface area contributed by atoms with Gasteiger partial charge in [-0.25, -0.2) is 0 Å². The maximum atomic E-state index is 13.4. The molecule has 0 radical (unpaired) electrons. The SMILES string of the molecule is Cc1cccc([C@H]2Nc3ccccc3NC3=C2C(=O)C[C@H](c2ccccc2)C3)c1. The van der Waals surface area contributed by atoms with Gasteiger partial charge in [-0.1, -0.05) is 72.3 Å². The van der Waals surface area contributed by atoms with Gasteiger partial charge in [0.2, 0.25) is 0 Å². The van der Waals surface area contributed by atoms with Crippen LogP contribution in [0.15, 0.2) is 90.1 Å². The minimum Gasteiger partial charge on any atom is -0.372 e. The molecule has 2 N–H and O–H groups in total. The summed E-state index contributed by atoms with van der Waals surface area (Å²) in [5.41, 5.74) is 7.52. The molecular weight excluding hydrogens is 356 g/mol. The summed E-state index contributed by atoms with van der Waals surface area (Å²) in [4.78, 5) is 13.4. The Hall–Kier alpha value is -3.33. The Morgan fingerprint density at radius 3 is 2.31 bits per heavy atom. The number of carbonyl (C=O) groups excluding carboxylic acids is 1. The third-order valence-electron chi connectivity index (χ3n) is 5.96. The lowest BCUT2D eigenvalue weighted by atomic mass is 9.78. The van der Waals surface area contributed by atoms with Crippen LogP contribution in [0.1, 0.15) is 41.5 Å². The number of hydrogen-bond acceptors (Lipinski definition) is 3. The number of ketones is 1. The number of Topliss-reactive ketones (excluding diaryl/α,β-unsaturated/α-hetero) is 1. The summed E-state index contributed by atoms with van der Waals surface area (Å²) in [6, 6.07) is 26.9. The molecule has 2 atom stereocenters. The lowest BCUT2D eigenvalue weighted by molar-refractivity contribution is -0.116. The number of nitrogens with one attached hydrogen (secondary N) is 2. The van der Waals surface area contributed by atoms with E-state index in [0.717, 1.165) is 34.6 Å². The highest BCUT2D eigenvalue weighted by Crippen LogP contribution is 2.44. The molecule has 3 nitrogen and oxygen atoms in total. The minimum absolute atomic E-state index is 0.148. The van der Waals surface area contributed by atoms with Gasteiger partial charge in [-0.15, -0.1) is 0 Å². The van der Waals surface area contributed by atoms with Crippen molar-refractivity contribution in [1.82, 2.24) is 0 Å². The van der Waals surface area contributed by atoms with Gasteiger partial charge in [-0.2, -0.15) is 0 Å². The highest BCUT2D eigenvalue weighted by molar-refractivity contribution is 6.01. The van der Waals surface area contributed by atoms with Crippen molar-refractivity contribution in [3.05, 3.63) is 107 Å². The number of allylic oxidation sites excluding steroid dienone is 1. The van der Waals surface area contributed by atoms with Gasteiger partial charge >= 0.3 is 0 Å². The van der Waals surface area contributed by atoms with E-state index in [1.54, 1.807) is 0 Å². The van der Waals surface area contributed by atoms with Gasteiger partial charge in [0.05, 0.1) is 17.4 Å². The molecule has 144 valence electrons. The third-order valence-corrected chi connectivity index (χ3v) is 5.96. The molecule has 29 heavy (non-hydrogen) atoms. The van der Waals surface area contributed by atoms with Crippen LogP contribution < -0.4 is 10.6 Å². The Labute approximate surface area is 171 Å². The molecule has 0 aromatic heterocycles. The van der Waals surface area contributed by atoms with Crippen molar-refractivity contribution in [3.8, 4) is 0 Å². The summed E-state index contributed by atoms with van der Waals surface area (Å²) in [7, 11) is 0. The van der Waals surface area contributed by atoms with Crippen molar-refractivity contribution in [2.24, 2.45) is 0 Å². The molecule has 0 spiro atoms. The molecule has 0 saturated carbocycles. The first-order valence-electron chi connectivity index (χ1n) is 10.2. The molecule has 1 heterocycles. The lowest BCUT2D eigenvalue weighted by Crippen LogP contribution is -2.26. The van der Waals surface area contributed by atoms with E-state index in [2.05, 4.69) is 78.2 Å². The molecule has 1 aliphatic heterocycles. The van der Waals surface area contributed by atoms with Crippen LogP contribution >= 0.6 is 0 Å². The lowest BCUT2D eigenvalue weighted by Gasteiger charge is -2.30. The van der Waals surface area contributed by atoms with Crippen molar-refractivity contribution in [2.75, 3.05) is 10.6 Å². The van der Waals surface area contributed by atoms with E-state index in [1.807, 2.05) is 18.2 Å². The summed E-state index contributed by atoms with van der Waals surface area (Å²) in [5, 5.41) is 7.25. The molecule has 2 aliphatic rings. The summed E-state index contributed by atoms with van der Waals surface area (Å²) in [6.07, 6.45) is 1.38. The Morgan fingerprint density at radius 1 is 0.793 bits per heavy atom. The molecule has 0 amide bonds. The highest BCUT2D eigenvalue weighted by Gasteiger charge is 2.35. The summed E-state index contributed by atoms with van der Waals surface area (Å²) < 4.78 is 0. The van der Waals surface area contributed by atoms with Crippen molar-refractivity contribution < 1.29 is 4.79 Å². The van der Waals surface area contributed by atoms with Gasteiger partial charge in [-0.05, 0) is 42.5 Å². The standard InChI is InChI=1S/C26H24N2O/c1-17-8-7-11-19(14-17)26-25-23(27-21-12-5-6-13-22(21)28-26)15-20(16-24(25)29)18-9-3-2-4-10-18/h2-14,20,26-28H,15-16H2,1H3/t20-,26-/m1/s1. The van der Waals surface area contributed by atoms with E-state index < -0.39 is 0 Å². The molecule has 0 bridgehead atoms. The summed E-state index contributed by atoms with van der Waals surface area (Å²) in [6.45, 7) is 2.09. The Bertz CT molecular complexity index is 1100. The number of benzene rings is 3. The van der Waals surface area contributed by atoms with E-state index in [1.165, 1.54) is 11.1 Å². The predicted octanol–water partition coefficient (Wildman–Crippen LogP) is 5.97. The molecule has 3 heteroatoms. The maximum Gasteiger partial charge on any atom is 0.163 e. The fourth-order valence-electron chi connectivity index (χ4n) is 4.55. The third kappa shape index (κ3) is 3.33. The first kappa shape index (κ1) is 17.7. The van der Waals surface area contributed by atoms with Crippen molar-refractivity contribution in [1.29, 1.82) is 0 Å². The molecule has 0 unspecified atom stereocenters. The van der Waals surface area contributed by atoms with Gasteiger partial charge in [-0.3, -0.25) is 4.79 Å². The number of carbonyl (C=O) groups is 1. The van der Waals surface area contributed by atoms with Crippen LogP contribution in [0.4, 0.5) is 11.4 Å². The molecule has 0 fully saturated rings. The van der Waals surface area contributed by atoms with Crippen molar-refractivity contribution >= 4 is 17.2 Å². The summed E-state index contributed by atoms with van der Waals surface area (Å²) in [5.74, 6) is 0.429. The zero-order chi connectivity index (χ0) is 19.8. The van der Waals surface area contributed by atoms with Crippen LogP contribution in [0.5, 0.6) is 0 Å². The molecule has 3 aromatic carbocycles. The minimum atomic E-state index is -0.148. The molecule has 1 aliphatic carbocycles. The zero-order valence-electron chi connectivity index (χ0n) is 16.5. The molecule has 3 aromatic rings. The average molecular weight is 380 g/mol. The van der Waals surface area contributed by atoms with E-state index in [-0.39, 0.29) is 17.7 Å². The number of rotatable bonds is 2. The van der Waals surface area contributed by atoms with Crippen molar-refractivity contribution in [2.45, 2.75) is 31.7 Å². The first-order chi connectivity index (χ1) is 14.2. The van der Waals surface area contributed by atoms with Crippen LogP contribution in [0, 0.1) is 6.92 Å². The Kier molecular flexibility index (Phi) is 4.44. The molecular formula is C26H24N2O. The smallest absolute Gasteiger partial charge is 0.163 e. The van der Waals surface area contributed by atoms with Gasteiger partial charge in [0.25, 0.3) is 0 Å². The second kappa shape index (κ2) is 7.25. The largest absolute Gasteiger partial charge is 0.372 e. The quantitative estimate of drug-likeness (QED) is 0.575. The van der Waals surface area contributed by atoms with E-state index in [4.69, 9.17) is 0 Å². The number of fused-ring (bicyclic) bond motifs is 1. The van der Waals surface area contributed by atoms with Crippen LogP contribution in [0.25, 0.3) is 0 Å². The van der Waals surface area contributed by atoms with Crippen LogP contribution in [-0.4, -0.2) is 5.78 Å². The van der Waals surface area contributed by atoms with Crippen LogP contribution in [-0.2, 0) is 4.79 Å². The first-order valence-corrected chi connectivity index (χ1v) is 10.2. The number of aryl methyl sites for hydroxylation is 1. The number of hydrogen-bond donors (Lipinski definition) is 2. The summed E-state index contributed by atoms with van der Waals surface area (Å²) >= 11 is 0. The second-order valence-electron chi connectivity index (χ2n) is 7.99. The zero-order valence-corrected chi connectivity index (χ0v) is 16.5. The number of para-hydroxylation sites is 2.